The van der Waals surface area contributed by atoms with Crippen molar-refractivity contribution in [3.8, 4) is 0 Å². The van der Waals surface area contributed by atoms with E-state index in [9.17, 15) is 9.59 Å². The van der Waals surface area contributed by atoms with Gasteiger partial charge in [0, 0.05) is 12.0 Å². The van der Waals surface area contributed by atoms with Crippen LogP contribution in [0.25, 0.3) is 0 Å². The molecular formula is C14H22O4. The number of hydrogen-bond donors (Lipinski definition) is 0. The Morgan fingerprint density at radius 1 is 1.33 bits per heavy atom. The van der Waals surface area contributed by atoms with Gasteiger partial charge in [0.15, 0.2) is 5.78 Å². The van der Waals surface area contributed by atoms with Gasteiger partial charge >= 0.3 is 5.97 Å². The smallest absolute Gasteiger partial charge is 0.333 e. The minimum absolute atomic E-state index is 0.0509. The number of carbonyl (C=O) groups excluding carboxylic acids is 2. The Bertz CT molecular complexity index is 329. The number of ether oxygens (including phenoxy) is 2. The van der Waals surface area contributed by atoms with Crippen molar-refractivity contribution in [1.29, 1.82) is 0 Å². The van der Waals surface area contributed by atoms with Gasteiger partial charge in [-0.3, -0.25) is 4.79 Å². The summed E-state index contributed by atoms with van der Waals surface area (Å²) < 4.78 is 10.7. The number of rotatable bonds is 6. The largest absolute Gasteiger partial charge is 0.463 e. The normalized spacial score (nSPS) is 19.9. The lowest BCUT2D eigenvalue weighted by Crippen LogP contribution is -2.31. The number of esters is 1. The molecule has 1 aliphatic carbocycles. The van der Waals surface area contributed by atoms with Gasteiger partial charge in [-0.05, 0) is 32.3 Å². The van der Waals surface area contributed by atoms with Gasteiger partial charge < -0.3 is 9.47 Å². The molecule has 0 spiro atoms. The lowest BCUT2D eigenvalue weighted by atomic mass is 9.96. The van der Waals surface area contributed by atoms with Gasteiger partial charge in [0.05, 0.1) is 12.7 Å². The fourth-order valence-electron chi connectivity index (χ4n) is 1.96. The summed E-state index contributed by atoms with van der Waals surface area (Å²) in [5.74, 6) is -0.280. The summed E-state index contributed by atoms with van der Waals surface area (Å²) in [7, 11) is 0. The van der Waals surface area contributed by atoms with Crippen molar-refractivity contribution < 1.29 is 19.1 Å². The highest BCUT2D eigenvalue weighted by molar-refractivity contribution is 5.95. The van der Waals surface area contributed by atoms with Crippen LogP contribution >= 0.6 is 0 Å². The molecular weight excluding hydrogens is 232 g/mol. The zero-order valence-electron chi connectivity index (χ0n) is 11.4. The minimum atomic E-state index is -0.581. The quantitative estimate of drug-likeness (QED) is 0.683. The van der Waals surface area contributed by atoms with Gasteiger partial charge in [0.1, 0.15) is 6.10 Å². The lowest BCUT2D eigenvalue weighted by molar-refractivity contribution is -0.139. The number of ketones is 1. The lowest BCUT2D eigenvalue weighted by Gasteiger charge is -2.24. The molecule has 102 valence electrons. The van der Waals surface area contributed by atoms with E-state index >= 15 is 0 Å². The first-order valence-electron chi connectivity index (χ1n) is 6.68. The molecule has 0 aromatic carbocycles. The predicted molar refractivity (Wildman–Crippen MR) is 68.2 cm³/mol. The van der Waals surface area contributed by atoms with Crippen LogP contribution in [0.5, 0.6) is 0 Å². The standard InChI is InChI=1S/C14H22O4/c1-4-11(5-2)18-13-9-10(7-8-12(13)15)14(16)17-6-3/h9,11,13H,4-8H2,1-3H3/t13-/m1/s1. The summed E-state index contributed by atoms with van der Waals surface area (Å²) in [6, 6.07) is 0. The van der Waals surface area contributed by atoms with Crippen molar-refractivity contribution >= 4 is 11.8 Å². The SMILES string of the molecule is CCOC(=O)C1=C[C@@H](OC(CC)CC)C(=O)CC1. The second-order valence-corrected chi connectivity index (χ2v) is 4.37. The first-order chi connectivity index (χ1) is 8.62. The van der Waals surface area contributed by atoms with Crippen LogP contribution in [-0.2, 0) is 19.1 Å². The van der Waals surface area contributed by atoms with Crippen molar-refractivity contribution in [1.82, 2.24) is 0 Å². The maximum atomic E-state index is 11.8. The van der Waals surface area contributed by atoms with Gasteiger partial charge in [0.2, 0.25) is 0 Å². The topological polar surface area (TPSA) is 52.6 Å². The molecule has 0 unspecified atom stereocenters. The van der Waals surface area contributed by atoms with Crippen molar-refractivity contribution in [3.05, 3.63) is 11.6 Å². The minimum Gasteiger partial charge on any atom is -0.463 e. The highest BCUT2D eigenvalue weighted by atomic mass is 16.5. The summed E-state index contributed by atoms with van der Waals surface area (Å²) in [6.07, 6.45) is 3.66. The summed E-state index contributed by atoms with van der Waals surface area (Å²) in [4.78, 5) is 23.4. The van der Waals surface area contributed by atoms with Crippen molar-refractivity contribution in [2.24, 2.45) is 0 Å². The van der Waals surface area contributed by atoms with E-state index in [2.05, 4.69) is 0 Å². The Balaban J connectivity index is 2.72. The van der Waals surface area contributed by atoms with E-state index in [0.29, 0.717) is 25.0 Å². The molecule has 1 aliphatic rings. The molecule has 0 saturated heterocycles. The van der Waals surface area contributed by atoms with Crippen LogP contribution in [0, 0.1) is 0 Å². The van der Waals surface area contributed by atoms with Crippen LogP contribution in [0.4, 0.5) is 0 Å². The fourth-order valence-corrected chi connectivity index (χ4v) is 1.96. The molecule has 4 nitrogen and oxygen atoms in total. The summed E-state index contributed by atoms with van der Waals surface area (Å²) in [5.41, 5.74) is 0.562. The molecule has 0 aromatic heterocycles. The maximum Gasteiger partial charge on any atom is 0.333 e. The predicted octanol–water partition coefficient (Wildman–Crippen LogP) is 2.41. The second-order valence-electron chi connectivity index (χ2n) is 4.37. The van der Waals surface area contributed by atoms with Crippen LogP contribution in [-0.4, -0.2) is 30.6 Å². The van der Waals surface area contributed by atoms with Crippen LogP contribution < -0.4 is 0 Å². The Labute approximate surface area is 108 Å². The average Bonchev–Trinajstić information content (AvgIpc) is 2.38. The fraction of sp³-hybridized carbons (Fsp3) is 0.714. The molecule has 18 heavy (non-hydrogen) atoms. The Morgan fingerprint density at radius 3 is 2.56 bits per heavy atom. The van der Waals surface area contributed by atoms with Gasteiger partial charge in [-0.15, -0.1) is 0 Å². The zero-order valence-corrected chi connectivity index (χ0v) is 11.4. The summed E-state index contributed by atoms with van der Waals surface area (Å²) in [5, 5.41) is 0. The van der Waals surface area contributed by atoms with E-state index in [1.807, 2.05) is 13.8 Å². The molecule has 0 N–H and O–H groups in total. The first kappa shape index (κ1) is 14.9. The molecule has 4 heteroatoms. The second kappa shape index (κ2) is 7.31. The van der Waals surface area contributed by atoms with E-state index in [1.165, 1.54) is 0 Å². The molecule has 0 aromatic rings. The van der Waals surface area contributed by atoms with Crippen LogP contribution in [0.15, 0.2) is 11.6 Å². The third-order valence-electron chi connectivity index (χ3n) is 3.10. The Morgan fingerprint density at radius 2 is 2.00 bits per heavy atom. The maximum absolute atomic E-state index is 11.8. The number of Topliss-reactive ketones (excluding diaryl/α,β-unsaturated/α-hetero) is 1. The van der Waals surface area contributed by atoms with Crippen LogP contribution in [0.3, 0.4) is 0 Å². The van der Waals surface area contributed by atoms with Gasteiger partial charge in [-0.25, -0.2) is 4.79 Å². The number of carbonyl (C=O) groups is 2. The van der Waals surface area contributed by atoms with E-state index < -0.39 is 6.10 Å². The van der Waals surface area contributed by atoms with Gasteiger partial charge in [0.25, 0.3) is 0 Å². The number of hydrogen-bond acceptors (Lipinski definition) is 4. The van der Waals surface area contributed by atoms with E-state index in [1.54, 1.807) is 13.0 Å². The third kappa shape index (κ3) is 3.95. The molecule has 0 amide bonds. The molecule has 0 fully saturated rings. The summed E-state index contributed by atoms with van der Waals surface area (Å²) in [6.45, 7) is 6.17. The highest BCUT2D eigenvalue weighted by Crippen LogP contribution is 2.21. The van der Waals surface area contributed by atoms with Crippen molar-refractivity contribution in [2.75, 3.05) is 6.61 Å². The zero-order chi connectivity index (χ0) is 13.5. The van der Waals surface area contributed by atoms with Crippen molar-refractivity contribution in [3.63, 3.8) is 0 Å². The molecule has 0 radical (unpaired) electrons. The molecule has 0 aliphatic heterocycles. The van der Waals surface area contributed by atoms with Gasteiger partial charge in [-0.1, -0.05) is 13.8 Å². The molecule has 1 rings (SSSR count). The van der Waals surface area contributed by atoms with E-state index in [0.717, 1.165) is 12.8 Å². The van der Waals surface area contributed by atoms with Crippen molar-refractivity contribution in [2.45, 2.75) is 58.7 Å². The third-order valence-corrected chi connectivity index (χ3v) is 3.10. The van der Waals surface area contributed by atoms with E-state index in [-0.39, 0.29) is 17.9 Å². The van der Waals surface area contributed by atoms with Gasteiger partial charge in [-0.2, -0.15) is 0 Å². The molecule has 0 saturated carbocycles. The molecule has 1 atom stereocenters. The molecule has 0 heterocycles. The van der Waals surface area contributed by atoms with Crippen LogP contribution in [0.2, 0.25) is 0 Å². The molecule has 0 bridgehead atoms. The highest BCUT2D eigenvalue weighted by Gasteiger charge is 2.27. The monoisotopic (exact) mass is 254 g/mol. The Kier molecular flexibility index (Phi) is 6.05. The Hall–Kier alpha value is -1.16. The van der Waals surface area contributed by atoms with E-state index in [4.69, 9.17) is 9.47 Å². The first-order valence-corrected chi connectivity index (χ1v) is 6.68. The average molecular weight is 254 g/mol. The summed E-state index contributed by atoms with van der Waals surface area (Å²) >= 11 is 0. The van der Waals surface area contributed by atoms with Crippen LogP contribution in [0.1, 0.15) is 46.5 Å².